The molecule has 0 unspecified atom stereocenters. The first-order valence-electron chi connectivity index (χ1n) is 6.60. The lowest BCUT2D eigenvalue weighted by Gasteiger charge is -2.09. The Labute approximate surface area is 131 Å². The van der Waals surface area contributed by atoms with Crippen LogP contribution in [-0.2, 0) is 11.5 Å². The van der Waals surface area contributed by atoms with Gasteiger partial charge in [-0.3, -0.25) is 10.7 Å². The van der Waals surface area contributed by atoms with Gasteiger partial charge in [0.05, 0.1) is 0 Å². The fraction of sp³-hybridized carbons (Fsp3) is 0.308. The molecule has 0 aliphatic rings. The van der Waals surface area contributed by atoms with Gasteiger partial charge in [-0.15, -0.1) is 0 Å². The molecule has 0 bridgehead atoms. The number of nitrogens with zero attached hydrogens (tertiary/aromatic N) is 2. The molecule has 0 radical (unpaired) electrons. The summed E-state index contributed by atoms with van der Waals surface area (Å²) in [6.45, 7) is 3.83. The minimum atomic E-state index is -0.339. The van der Waals surface area contributed by atoms with Crippen molar-refractivity contribution in [3.63, 3.8) is 0 Å². The smallest absolute Gasteiger partial charge is 0.333 e. The van der Waals surface area contributed by atoms with Crippen molar-refractivity contribution >= 4 is 22.7 Å². The molecule has 22 heavy (non-hydrogen) atoms. The van der Waals surface area contributed by atoms with E-state index in [2.05, 4.69) is 30.4 Å². The summed E-state index contributed by atoms with van der Waals surface area (Å²) < 4.78 is 4.22. The van der Waals surface area contributed by atoms with Crippen molar-refractivity contribution in [1.29, 1.82) is 0 Å². The summed E-state index contributed by atoms with van der Waals surface area (Å²) in [7, 11) is 0. The first kappa shape index (κ1) is 16.1. The zero-order chi connectivity index (χ0) is 15.9. The number of hydrazine groups is 1. The molecule has 118 valence electrons. The normalized spacial score (nSPS) is 10.5. The van der Waals surface area contributed by atoms with Crippen LogP contribution in [0.3, 0.4) is 0 Å². The van der Waals surface area contributed by atoms with Crippen LogP contribution in [0.15, 0.2) is 24.3 Å². The lowest BCUT2D eigenvalue weighted by atomic mass is 10.1. The summed E-state index contributed by atoms with van der Waals surface area (Å²) in [5, 5.41) is 11.6. The van der Waals surface area contributed by atoms with E-state index in [1.807, 2.05) is 38.1 Å². The number of nitrogens with one attached hydrogen (secondary N) is 3. The minimum absolute atomic E-state index is 0.0447. The second-order valence-corrected chi connectivity index (χ2v) is 5.53. The first-order valence-corrected chi connectivity index (χ1v) is 7.37. The maximum Gasteiger partial charge on any atom is 0.333 e. The number of anilines is 1. The molecule has 1 aromatic carbocycles. The van der Waals surface area contributed by atoms with Crippen molar-refractivity contribution in [2.75, 3.05) is 5.43 Å². The molecule has 0 aliphatic heterocycles. The highest BCUT2D eigenvalue weighted by atomic mass is 32.1. The van der Waals surface area contributed by atoms with E-state index in [-0.39, 0.29) is 18.7 Å². The summed E-state index contributed by atoms with van der Waals surface area (Å²) in [5.41, 5.74) is 6.78. The zero-order valence-electron chi connectivity index (χ0n) is 12.2. The zero-order valence-corrected chi connectivity index (χ0v) is 13.0. The van der Waals surface area contributed by atoms with Crippen LogP contribution >= 0.6 is 11.5 Å². The number of amides is 2. The Morgan fingerprint density at radius 1 is 1.45 bits per heavy atom. The fourth-order valence-corrected chi connectivity index (χ4v) is 2.22. The number of urea groups is 1. The van der Waals surface area contributed by atoms with Gasteiger partial charge in [-0.1, -0.05) is 18.2 Å². The highest BCUT2D eigenvalue weighted by Crippen LogP contribution is 2.21. The fourth-order valence-electron chi connectivity index (χ4n) is 1.67. The molecule has 2 rings (SSSR count). The molecule has 0 aliphatic carbocycles. The SMILES string of the molecule is CC(C)NC(=O)NNc1nc(-c2cccc(COO)c2)ns1. The standard InChI is InChI=1S/C13H17N5O3S/c1-8(2)14-12(19)16-17-13-15-11(18-22-13)10-5-3-4-9(6-10)7-21-20/h3-6,8,20H,7H2,1-2H3,(H2,14,16,19)(H,15,17,18). The van der Waals surface area contributed by atoms with E-state index < -0.39 is 0 Å². The summed E-state index contributed by atoms with van der Waals surface area (Å²) in [6, 6.07) is 7.03. The van der Waals surface area contributed by atoms with Crippen LogP contribution in [-0.4, -0.2) is 26.7 Å². The Kier molecular flexibility index (Phi) is 5.64. The molecule has 8 nitrogen and oxygen atoms in total. The van der Waals surface area contributed by atoms with Crippen LogP contribution in [0.2, 0.25) is 0 Å². The molecule has 1 aromatic heterocycles. The van der Waals surface area contributed by atoms with E-state index in [9.17, 15) is 4.79 Å². The Balaban J connectivity index is 1.99. The average Bonchev–Trinajstić information content (AvgIpc) is 2.94. The minimum Gasteiger partial charge on any atom is -0.335 e. The molecular weight excluding hydrogens is 306 g/mol. The predicted octanol–water partition coefficient (Wildman–Crippen LogP) is 2.23. The van der Waals surface area contributed by atoms with Gasteiger partial charge in [0.25, 0.3) is 0 Å². The molecule has 1 heterocycles. The Morgan fingerprint density at radius 3 is 3.00 bits per heavy atom. The van der Waals surface area contributed by atoms with Crippen molar-refractivity contribution in [2.45, 2.75) is 26.5 Å². The molecule has 0 spiro atoms. The number of hydrogen-bond acceptors (Lipinski definition) is 7. The molecule has 0 saturated carbocycles. The van der Waals surface area contributed by atoms with Crippen molar-refractivity contribution in [3.8, 4) is 11.4 Å². The lowest BCUT2D eigenvalue weighted by molar-refractivity contribution is -0.253. The van der Waals surface area contributed by atoms with E-state index in [0.29, 0.717) is 11.0 Å². The van der Waals surface area contributed by atoms with Gasteiger partial charge in [-0.05, 0) is 25.5 Å². The number of benzene rings is 1. The monoisotopic (exact) mass is 323 g/mol. The average molecular weight is 323 g/mol. The second kappa shape index (κ2) is 7.69. The lowest BCUT2D eigenvalue weighted by Crippen LogP contribution is -2.42. The molecule has 0 atom stereocenters. The van der Waals surface area contributed by atoms with Crippen LogP contribution in [0.5, 0.6) is 0 Å². The van der Waals surface area contributed by atoms with Gasteiger partial charge in [-0.2, -0.15) is 9.36 Å². The first-order chi connectivity index (χ1) is 10.6. The predicted molar refractivity (Wildman–Crippen MR) is 83.2 cm³/mol. The largest absolute Gasteiger partial charge is 0.335 e. The quantitative estimate of drug-likeness (QED) is 0.479. The third-order valence-corrected chi connectivity index (χ3v) is 3.18. The molecular formula is C13H17N5O3S. The number of rotatable bonds is 6. The third kappa shape index (κ3) is 4.65. The summed E-state index contributed by atoms with van der Waals surface area (Å²) in [6.07, 6.45) is 0. The Morgan fingerprint density at radius 2 is 2.27 bits per heavy atom. The van der Waals surface area contributed by atoms with Crippen LogP contribution < -0.4 is 16.2 Å². The Hall–Kier alpha value is -2.23. The number of carbonyl (C=O) groups excluding carboxylic acids is 1. The van der Waals surface area contributed by atoms with E-state index in [4.69, 9.17) is 5.26 Å². The van der Waals surface area contributed by atoms with Crippen molar-refractivity contribution in [1.82, 2.24) is 20.1 Å². The molecule has 2 amide bonds. The van der Waals surface area contributed by atoms with Gasteiger partial charge in [0.15, 0.2) is 5.82 Å². The van der Waals surface area contributed by atoms with Crippen LogP contribution in [0, 0.1) is 0 Å². The van der Waals surface area contributed by atoms with E-state index in [1.165, 1.54) is 0 Å². The van der Waals surface area contributed by atoms with Gasteiger partial charge in [0.1, 0.15) is 6.61 Å². The van der Waals surface area contributed by atoms with Gasteiger partial charge in [0, 0.05) is 23.1 Å². The van der Waals surface area contributed by atoms with Crippen molar-refractivity contribution < 1.29 is 14.9 Å². The van der Waals surface area contributed by atoms with Crippen molar-refractivity contribution in [3.05, 3.63) is 29.8 Å². The van der Waals surface area contributed by atoms with Crippen molar-refractivity contribution in [2.24, 2.45) is 0 Å². The van der Waals surface area contributed by atoms with Crippen LogP contribution in [0.4, 0.5) is 9.93 Å². The molecule has 4 N–H and O–H groups in total. The van der Waals surface area contributed by atoms with Gasteiger partial charge in [0.2, 0.25) is 5.13 Å². The van der Waals surface area contributed by atoms with Crippen LogP contribution in [0.1, 0.15) is 19.4 Å². The van der Waals surface area contributed by atoms with Gasteiger partial charge >= 0.3 is 6.03 Å². The van der Waals surface area contributed by atoms with E-state index in [1.54, 1.807) is 0 Å². The molecule has 0 saturated heterocycles. The number of hydrogen-bond donors (Lipinski definition) is 4. The maximum absolute atomic E-state index is 11.5. The van der Waals surface area contributed by atoms with Gasteiger partial charge < -0.3 is 5.32 Å². The summed E-state index contributed by atoms with van der Waals surface area (Å²) >= 11 is 1.13. The van der Waals surface area contributed by atoms with Gasteiger partial charge in [-0.25, -0.2) is 15.1 Å². The summed E-state index contributed by atoms with van der Waals surface area (Å²) in [5.74, 6) is 0.526. The highest BCUT2D eigenvalue weighted by molar-refractivity contribution is 7.09. The summed E-state index contributed by atoms with van der Waals surface area (Å²) in [4.78, 5) is 19.9. The maximum atomic E-state index is 11.5. The number of carbonyl (C=O) groups is 1. The molecule has 2 aromatic rings. The van der Waals surface area contributed by atoms with E-state index in [0.717, 1.165) is 22.7 Å². The topological polar surface area (TPSA) is 108 Å². The van der Waals surface area contributed by atoms with E-state index >= 15 is 0 Å². The third-order valence-electron chi connectivity index (χ3n) is 2.55. The van der Waals surface area contributed by atoms with Crippen LogP contribution in [0.25, 0.3) is 11.4 Å². The second-order valence-electron chi connectivity index (χ2n) is 4.78. The molecule has 0 fully saturated rings. The highest BCUT2D eigenvalue weighted by Gasteiger charge is 2.08. The Bertz CT molecular complexity index is 632. The molecule has 9 heteroatoms. The number of aromatic nitrogens is 2.